The molecule has 1 aromatic carbocycles. The van der Waals surface area contributed by atoms with Crippen molar-refractivity contribution in [3.8, 4) is 0 Å². The number of nitrogens with one attached hydrogen (secondary N) is 1. The highest BCUT2D eigenvalue weighted by Gasteiger charge is 2.27. The number of hydrogen-bond acceptors (Lipinski definition) is 5. The molecule has 27 heavy (non-hydrogen) atoms. The van der Waals surface area contributed by atoms with Crippen LogP contribution in [0.25, 0.3) is 11.1 Å². The summed E-state index contributed by atoms with van der Waals surface area (Å²) >= 11 is 6.00. The van der Waals surface area contributed by atoms with E-state index < -0.39 is 0 Å². The van der Waals surface area contributed by atoms with Crippen molar-refractivity contribution in [2.75, 3.05) is 24.5 Å². The first-order valence-electron chi connectivity index (χ1n) is 9.15. The topological polar surface area (TPSA) is 76.2 Å². The molecule has 142 valence electrons. The Bertz CT molecular complexity index is 943. The average molecular weight is 388 g/mol. The predicted octanol–water partition coefficient (Wildman–Crippen LogP) is 2.79. The van der Waals surface area contributed by atoms with E-state index in [1.807, 2.05) is 25.5 Å². The first kappa shape index (κ1) is 17.9. The van der Waals surface area contributed by atoms with Crippen LogP contribution < -0.4 is 10.2 Å². The predicted molar refractivity (Wildman–Crippen MR) is 104 cm³/mol. The van der Waals surface area contributed by atoms with Crippen LogP contribution >= 0.6 is 11.6 Å². The maximum Gasteiger partial charge on any atom is 0.298 e. The van der Waals surface area contributed by atoms with Gasteiger partial charge in [-0.3, -0.25) is 9.48 Å². The van der Waals surface area contributed by atoms with Gasteiger partial charge in [0.2, 0.25) is 5.91 Å². The Morgan fingerprint density at radius 2 is 2.19 bits per heavy atom. The van der Waals surface area contributed by atoms with Crippen LogP contribution in [0.5, 0.6) is 0 Å². The number of halogens is 1. The summed E-state index contributed by atoms with van der Waals surface area (Å²) in [6.45, 7) is 2.14. The zero-order valence-electron chi connectivity index (χ0n) is 15.2. The number of carbonyl (C=O) groups excluding carboxylic acids is 1. The molecule has 4 rings (SSSR count). The van der Waals surface area contributed by atoms with Gasteiger partial charge in [-0.05, 0) is 37.0 Å². The fraction of sp³-hybridized carbons (Fsp3) is 0.421. The standard InChI is InChI=1S/C19H22ClN5O2/c1-24-12-13(11-22-24)4-7-21-18(26)14-5-8-25(9-6-14)19-23-16-3-2-15(20)10-17(16)27-19/h2-3,10-12,14H,4-9H2,1H3,(H,21,26). The Morgan fingerprint density at radius 3 is 2.93 bits per heavy atom. The van der Waals surface area contributed by atoms with Crippen LogP contribution in [0.2, 0.25) is 5.02 Å². The number of hydrogen-bond donors (Lipinski definition) is 1. The normalized spacial score (nSPS) is 15.4. The van der Waals surface area contributed by atoms with Crippen LogP contribution in [-0.2, 0) is 18.3 Å². The smallest absolute Gasteiger partial charge is 0.298 e. The van der Waals surface area contributed by atoms with E-state index in [-0.39, 0.29) is 11.8 Å². The van der Waals surface area contributed by atoms with Crippen molar-refractivity contribution in [2.24, 2.45) is 13.0 Å². The van der Waals surface area contributed by atoms with E-state index in [0.29, 0.717) is 23.2 Å². The lowest BCUT2D eigenvalue weighted by molar-refractivity contribution is -0.125. The van der Waals surface area contributed by atoms with Gasteiger partial charge in [0.25, 0.3) is 6.01 Å². The van der Waals surface area contributed by atoms with Gasteiger partial charge in [-0.1, -0.05) is 11.6 Å². The summed E-state index contributed by atoms with van der Waals surface area (Å²) < 4.78 is 7.59. The quantitative estimate of drug-likeness (QED) is 0.728. The van der Waals surface area contributed by atoms with Crippen molar-refractivity contribution in [3.05, 3.63) is 41.2 Å². The summed E-state index contributed by atoms with van der Waals surface area (Å²) in [4.78, 5) is 19.0. The Balaban J connectivity index is 1.28. The second-order valence-electron chi connectivity index (χ2n) is 6.93. The Kier molecular flexibility index (Phi) is 5.03. The molecule has 1 aliphatic heterocycles. The van der Waals surface area contributed by atoms with Crippen molar-refractivity contribution < 1.29 is 9.21 Å². The zero-order valence-corrected chi connectivity index (χ0v) is 15.9. The summed E-state index contributed by atoms with van der Waals surface area (Å²) in [5.41, 5.74) is 2.61. The van der Waals surface area contributed by atoms with E-state index in [9.17, 15) is 4.79 Å². The highest BCUT2D eigenvalue weighted by Crippen LogP contribution is 2.28. The number of aryl methyl sites for hydroxylation is 1. The molecule has 3 heterocycles. The molecule has 8 heteroatoms. The third-order valence-corrected chi connectivity index (χ3v) is 5.18. The van der Waals surface area contributed by atoms with Gasteiger partial charge < -0.3 is 14.6 Å². The molecule has 1 N–H and O–H groups in total. The second kappa shape index (κ2) is 7.60. The number of nitrogens with zero attached hydrogens (tertiary/aromatic N) is 4. The molecule has 2 aromatic heterocycles. The molecule has 0 radical (unpaired) electrons. The van der Waals surface area contributed by atoms with Gasteiger partial charge in [0.15, 0.2) is 5.58 Å². The number of piperidine rings is 1. The van der Waals surface area contributed by atoms with Gasteiger partial charge in [0, 0.05) is 49.9 Å². The third kappa shape index (κ3) is 4.08. The number of fused-ring (bicyclic) bond motifs is 1. The number of carbonyl (C=O) groups is 1. The van der Waals surface area contributed by atoms with Crippen molar-refractivity contribution in [1.82, 2.24) is 20.1 Å². The molecule has 1 fully saturated rings. The number of amides is 1. The average Bonchev–Trinajstić information content (AvgIpc) is 3.27. The first-order valence-corrected chi connectivity index (χ1v) is 9.52. The van der Waals surface area contributed by atoms with Crippen molar-refractivity contribution in [1.29, 1.82) is 0 Å². The lowest BCUT2D eigenvalue weighted by atomic mass is 9.96. The molecule has 1 aliphatic rings. The molecule has 0 aliphatic carbocycles. The SMILES string of the molecule is Cn1cc(CCNC(=O)C2CCN(c3nc4ccc(Cl)cc4o3)CC2)cn1. The van der Waals surface area contributed by atoms with Crippen LogP contribution in [0, 0.1) is 5.92 Å². The molecule has 0 saturated carbocycles. The van der Waals surface area contributed by atoms with E-state index >= 15 is 0 Å². The van der Waals surface area contributed by atoms with Gasteiger partial charge in [-0.25, -0.2) is 0 Å². The zero-order chi connectivity index (χ0) is 18.8. The summed E-state index contributed by atoms with van der Waals surface area (Å²) in [7, 11) is 1.89. The summed E-state index contributed by atoms with van der Waals surface area (Å²) in [5, 5.41) is 7.81. The Labute approximate surface area is 162 Å². The minimum atomic E-state index is 0.0361. The monoisotopic (exact) mass is 387 g/mol. The lowest BCUT2D eigenvalue weighted by Gasteiger charge is -2.30. The van der Waals surface area contributed by atoms with Crippen molar-refractivity contribution >= 4 is 34.6 Å². The number of anilines is 1. The molecular formula is C19H22ClN5O2. The fourth-order valence-electron chi connectivity index (χ4n) is 3.43. The number of rotatable bonds is 5. The van der Waals surface area contributed by atoms with E-state index in [1.54, 1.807) is 16.8 Å². The van der Waals surface area contributed by atoms with Gasteiger partial charge in [0.05, 0.1) is 6.20 Å². The van der Waals surface area contributed by atoms with Crippen LogP contribution in [0.3, 0.4) is 0 Å². The van der Waals surface area contributed by atoms with Crippen molar-refractivity contribution in [2.45, 2.75) is 19.3 Å². The molecule has 0 atom stereocenters. The van der Waals surface area contributed by atoms with Crippen LogP contribution in [-0.4, -0.2) is 40.3 Å². The van der Waals surface area contributed by atoms with Crippen LogP contribution in [0.1, 0.15) is 18.4 Å². The Morgan fingerprint density at radius 1 is 1.37 bits per heavy atom. The van der Waals surface area contributed by atoms with Gasteiger partial charge in [-0.2, -0.15) is 10.1 Å². The summed E-state index contributed by atoms with van der Waals surface area (Å²) in [5.74, 6) is 0.164. The van der Waals surface area contributed by atoms with Crippen LogP contribution in [0.4, 0.5) is 6.01 Å². The number of oxazole rings is 1. The van der Waals surface area contributed by atoms with Gasteiger partial charge >= 0.3 is 0 Å². The molecular weight excluding hydrogens is 366 g/mol. The second-order valence-corrected chi connectivity index (χ2v) is 7.37. The molecule has 3 aromatic rings. The minimum absolute atomic E-state index is 0.0361. The molecule has 0 spiro atoms. The molecule has 0 bridgehead atoms. The number of aromatic nitrogens is 3. The molecule has 1 saturated heterocycles. The van der Waals surface area contributed by atoms with Gasteiger partial charge in [-0.15, -0.1) is 0 Å². The molecule has 7 nitrogen and oxygen atoms in total. The molecule has 0 unspecified atom stereocenters. The highest BCUT2D eigenvalue weighted by molar-refractivity contribution is 6.31. The molecule has 1 amide bonds. The Hall–Kier alpha value is -2.54. The van der Waals surface area contributed by atoms with E-state index in [2.05, 4.69) is 20.3 Å². The first-order chi connectivity index (χ1) is 13.1. The van der Waals surface area contributed by atoms with E-state index in [0.717, 1.165) is 43.4 Å². The maximum atomic E-state index is 12.4. The lowest BCUT2D eigenvalue weighted by Crippen LogP contribution is -2.41. The summed E-state index contributed by atoms with van der Waals surface area (Å²) in [6.07, 6.45) is 6.18. The van der Waals surface area contributed by atoms with Crippen molar-refractivity contribution in [3.63, 3.8) is 0 Å². The highest BCUT2D eigenvalue weighted by atomic mass is 35.5. The number of benzene rings is 1. The summed E-state index contributed by atoms with van der Waals surface area (Å²) in [6, 6.07) is 6.03. The van der Waals surface area contributed by atoms with Crippen LogP contribution in [0.15, 0.2) is 35.0 Å². The van der Waals surface area contributed by atoms with E-state index in [4.69, 9.17) is 16.0 Å². The maximum absolute atomic E-state index is 12.4. The third-order valence-electron chi connectivity index (χ3n) is 4.95. The van der Waals surface area contributed by atoms with E-state index in [1.165, 1.54) is 0 Å². The van der Waals surface area contributed by atoms with Gasteiger partial charge in [0.1, 0.15) is 5.52 Å². The fourth-order valence-corrected chi connectivity index (χ4v) is 3.59. The minimum Gasteiger partial charge on any atom is -0.423 e. The largest absolute Gasteiger partial charge is 0.423 e.